The lowest BCUT2D eigenvalue weighted by molar-refractivity contribution is 0.0923. The summed E-state index contributed by atoms with van der Waals surface area (Å²) in [5, 5.41) is 6.64. The number of fused-ring (bicyclic) bond motifs is 1. The molecule has 0 saturated carbocycles. The zero-order valence-electron chi connectivity index (χ0n) is 10.4. The van der Waals surface area contributed by atoms with Crippen LogP contribution < -0.4 is 11.1 Å². The number of benzene rings is 1. The van der Waals surface area contributed by atoms with Crippen LogP contribution in [-0.2, 0) is 6.42 Å². The molecular weight excluding hydrogens is 242 g/mol. The molecule has 19 heavy (non-hydrogen) atoms. The number of anilines is 1. The summed E-state index contributed by atoms with van der Waals surface area (Å²) >= 11 is 0. The van der Waals surface area contributed by atoms with Crippen molar-refractivity contribution in [2.75, 3.05) is 5.73 Å². The first-order chi connectivity index (χ1) is 9.24. The van der Waals surface area contributed by atoms with Gasteiger partial charge in [-0.05, 0) is 42.5 Å². The number of aromatic nitrogens is 1. The van der Waals surface area contributed by atoms with Crippen LogP contribution in [0.3, 0.4) is 0 Å². The molecule has 1 unspecified atom stereocenters. The van der Waals surface area contributed by atoms with Crippen LogP contribution in [0.4, 0.5) is 5.69 Å². The Morgan fingerprint density at radius 2 is 2.32 bits per heavy atom. The molecule has 0 spiro atoms. The Kier molecular flexibility index (Phi) is 2.95. The molecule has 0 radical (unpaired) electrons. The van der Waals surface area contributed by atoms with Gasteiger partial charge in [-0.1, -0.05) is 11.2 Å². The standard InChI is InChI=1S/C14H15N3O2/c15-10-4-5-11-9(8-10)2-1-3-12(11)16-14(18)13-6-7-19-17-13/h4-8,12H,1-3,15H2,(H,16,18). The van der Waals surface area contributed by atoms with Crippen molar-refractivity contribution in [3.05, 3.63) is 47.3 Å². The minimum absolute atomic E-state index is 0.0218. The molecule has 5 nitrogen and oxygen atoms in total. The van der Waals surface area contributed by atoms with Crippen molar-refractivity contribution in [2.24, 2.45) is 0 Å². The van der Waals surface area contributed by atoms with E-state index in [4.69, 9.17) is 5.73 Å². The molecule has 1 aromatic carbocycles. The Labute approximate surface area is 110 Å². The normalized spacial score (nSPS) is 17.8. The number of aryl methyl sites for hydroxylation is 1. The lowest BCUT2D eigenvalue weighted by Gasteiger charge is -2.26. The number of nitrogen functional groups attached to an aromatic ring is 1. The molecule has 1 aromatic heterocycles. The van der Waals surface area contributed by atoms with Gasteiger partial charge in [0, 0.05) is 11.8 Å². The summed E-state index contributed by atoms with van der Waals surface area (Å²) in [5.74, 6) is -0.205. The van der Waals surface area contributed by atoms with Crippen LogP contribution >= 0.6 is 0 Å². The molecule has 1 aliphatic carbocycles. The van der Waals surface area contributed by atoms with Gasteiger partial charge in [0.1, 0.15) is 6.26 Å². The third kappa shape index (κ3) is 2.31. The van der Waals surface area contributed by atoms with Gasteiger partial charge in [-0.3, -0.25) is 4.79 Å². The van der Waals surface area contributed by atoms with E-state index in [1.807, 2.05) is 18.2 Å². The molecule has 1 heterocycles. The second-order valence-electron chi connectivity index (χ2n) is 4.76. The van der Waals surface area contributed by atoms with E-state index < -0.39 is 0 Å². The minimum atomic E-state index is -0.205. The quantitative estimate of drug-likeness (QED) is 0.807. The van der Waals surface area contributed by atoms with E-state index in [-0.39, 0.29) is 11.9 Å². The maximum absolute atomic E-state index is 12.0. The predicted octanol–water partition coefficient (Wildman–Crippen LogP) is 2.06. The highest BCUT2D eigenvalue weighted by atomic mass is 16.5. The Morgan fingerprint density at radius 1 is 1.42 bits per heavy atom. The van der Waals surface area contributed by atoms with E-state index in [1.165, 1.54) is 11.8 Å². The fourth-order valence-corrected chi connectivity index (χ4v) is 2.55. The van der Waals surface area contributed by atoms with E-state index in [1.54, 1.807) is 6.07 Å². The van der Waals surface area contributed by atoms with E-state index in [0.717, 1.165) is 30.5 Å². The number of rotatable bonds is 2. The first-order valence-corrected chi connectivity index (χ1v) is 6.33. The van der Waals surface area contributed by atoms with Crippen molar-refractivity contribution in [3.8, 4) is 0 Å². The second-order valence-corrected chi connectivity index (χ2v) is 4.76. The lowest BCUT2D eigenvalue weighted by atomic mass is 9.87. The Bertz CT molecular complexity index is 593. The molecule has 0 bridgehead atoms. The highest BCUT2D eigenvalue weighted by Gasteiger charge is 2.23. The summed E-state index contributed by atoms with van der Waals surface area (Å²) in [7, 11) is 0. The summed E-state index contributed by atoms with van der Waals surface area (Å²) in [6, 6.07) is 7.44. The van der Waals surface area contributed by atoms with Crippen molar-refractivity contribution in [3.63, 3.8) is 0 Å². The molecule has 1 amide bonds. The molecular formula is C14H15N3O2. The number of carbonyl (C=O) groups is 1. The van der Waals surface area contributed by atoms with Gasteiger partial charge in [0.25, 0.3) is 5.91 Å². The molecule has 0 aliphatic heterocycles. The number of hydrogen-bond acceptors (Lipinski definition) is 4. The second kappa shape index (κ2) is 4.76. The third-order valence-electron chi connectivity index (χ3n) is 3.46. The Balaban J connectivity index is 1.82. The summed E-state index contributed by atoms with van der Waals surface area (Å²) in [5.41, 5.74) is 9.24. The van der Waals surface area contributed by atoms with E-state index in [2.05, 4.69) is 15.0 Å². The van der Waals surface area contributed by atoms with E-state index >= 15 is 0 Å². The average molecular weight is 257 g/mol. The number of hydrogen-bond donors (Lipinski definition) is 2. The number of carbonyl (C=O) groups excluding carboxylic acids is 1. The molecule has 1 atom stereocenters. The summed E-state index contributed by atoms with van der Waals surface area (Å²) < 4.78 is 4.68. The fraction of sp³-hybridized carbons (Fsp3) is 0.286. The average Bonchev–Trinajstić information content (AvgIpc) is 2.92. The third-order valence-corrected chi connectivity index (χ3v) is 3.46. The van der Waals surface area contributed by atoms with E-state index in [0.29, 0.717) is 5.69 Å². The van der Waals surface area contributed by atoms with Crippen LogP contribution in [0.15, 0.2) is 35.1 Å². The first kappa shape index (κ1) is 11.8. The maximum atomic E-state index is 12.0. The number of amides is 1. The van der Waals surface area contributed by atoms with Crippen LogP contribution in [0, 0.1) is 0 Å². The maximum Gasteiger partial charge on any atom is 0.273 e. The van der Waals surface area contributed by atoms with Crippen LogP contribution in [0.1, 0.15) is 40.5 Å². The van der Waals surface area contributed by atoms with Crippen molar-refractivity contribution >= 4 is 11.6 Å². The molecule has 3 rings (SSSR count). The van der Waals surface area contributed by atoms with Gasteiger partial charge in [0.15, 0.2) is 5.69 Å². The molecule has 98 valence electrons. The smallest absolute Gasteiger partial charge is 0.273 e. The summed E-state index contributed by atoms with van der Waals surface area (Å²) in [6.45, 7) is 0. The number of nitrogens with zero attached hydrogens (tertiary/aromatic N) is 1. The molecule has 3 N–H and O–H groups in total. The van der Waals surface area contributed by atoms with Gasteiger partial charge in [-0.25, -0.2) is 0 Å². The fourth-order valence-electron chi connectivity index (χ4n) is 2.55. The van der Waals surface area contributed by atoms with Crippen LogP contribution in [0.25, 0.3) is 0 Å². The monoisotopic (exact) mass is 257 g/mol. The molecule has 2 aromatic rings. The summed E-state index contributed by atoms with van der Waals surface area (Å²) in [6.07, 6.45) is 4.38. The lowest BCUT2D eigenvalue weighted by Crippen LogP contribution is -2.31. The minimum Gasteiger partial charge on any atom is -0.399 e. The Morgan fingerprint density at radius 3 is 3.11 bits per heavy atom. The molecule has 0 saturated heterocycles. The van der Waals surface area contributed by atoms with Gasteiger partial charge in [-0.15, -0.1) is 0 Å². The predicted molar refractivity (Wildman–Crippen MR) is 70.5 cm³/mol. The van der Waals surface area contributed by atoms with Gasteiger partial charge < -0.3 is 15.6 Å². The largest absolute Gasteiger partial charge is 0.399 e. The molecule has 1 aliphatic rings. The first-order valence-electron chi connectivity index (χ1n) is 6.33. The van der Waals surface area contributed by atoms with Crippen molar-refractivity contribution in [1.82, 2.24) is 10.5 Å². The zero-order chi connectivity index (χ0) is 13.2. The highest BCUT2D eigenvalue weighted by molar-refractivity contribution is 5.92. The van der Waals surface area contributed by atoms with Gasteiger partial charge in [-0.2, -0.15) is 0 Å². The van der Waals surface area contributed by atoms with Crippen molar-refractivity contribution in [1.29, 1.82) is 0 Å². The van der Waals surface area contributed by atoms with Crippen LogP contribution in [-0.4, -0.2) is 11.1 Å². The van der Waals surface area contributed by atoms with E-state index in [9.17, 15) is 4.79 Å². The summed E-state index contributed by atoms with van der Waals surface area (Å²) in [4.78, 5) is 12.0. The highest BCUT2D eigenvalue weighted by Crippen LogP contribution is 2.31. The van der Waals surface area contributed by atoms with Crippen molar-refractivity contribution < 1.29 is 9.32 Å². The number of nitrogens with two attached hydrogens (primary N) is 1. The molecule has 5 heteroatoms. The Hall–Kier alpha value is -2.30. The number of nitrogens with one attached hydrogen (secondary N) is 1. The van der Waals surface area contributed by atoms with Crippen molar-refractivity contribution in [2.45, 2.75) is 25.3 Å². The SMILES string of the molecule is Nc1ccc2c(c1)CCCC2NC(=O)c1ccon1. The topological polar surface area (TPSA) is 81.1 Å². The van der Waals surface area contributed by atoms with Crippen LogP contribution in [0.5, 0.6) is 0 Å². The van der Waals surface area contributed by atoms with Gasteiger partial charge in [0.05, 0.1) is 6.04 Å². The van der Waals surface area contributed by atoms with Crippen LogP contribution in [0.2, 0.25) is 0 Å². The molecule has 0 fully saturated rings. The van der Waals surface area contributed by atoms with Gasteiger partial charge >= 0.3 is 0 Å². The van der Waals surface area contributed by atoms with Gasteiger partial charge in [0.2, 0.25) is 0 Å². The zero-order valence-corrected chi connectivity index (χ0v) is 10.4.